The highest BCUT2D eigenvalue weighted by Crippen LogP contribution is 2.17. The molecule has 3 N–H and O–H groups in total. The molecule has 5 heteroatoms. The van der Waals surface area contributed by atoms with Crippen LogP contribution in [0.2, 0.25) is 0 Å². The zero-order valence-electron chi connectivity index (χ0n) is 14.5. The molecule has 0 bridgehead atoms. The van der Waals surface area contributed by atoms with E-state index in [0.717, 1.165) is 35.6 Å². The highest BCUT2D eigenvalue weighted by atomic mass is 15.3. The van der Waals surface area contributed by atoms with Gasteiger partial charge in [0.25, 0.3) is 0 Å². The van der Waals surface area contributed by atoms with E-state index in [9.17, 15) is 0 Å². The van der Waals surface area contributed by atoms with Gasteiger partial charge in [0.2, 0.25) is 0 Å². The first kappa shape index (κ1) is 17.1. The number of aromatic nitrogens is 2. The Balaban J connectivity index is 2.10. The third kappa shape index (κ3) is 4.84. The normalized spacial score (nSPS) is 12.0. The van der Waals surface area contributed by atoms with E-state index in [0.29, 0.717) is 18.4 Å². The smallest absolute Gasteiger partial charge is 0.188 e. The fourth-order valence-corrected chi connectivity index (χ4v) is 2.44. The molecule has 0 aliphatic rings. The van der Waals surface area contributed by atoms with Gasteiger partial charge in [0, 0.05) is 12.2 Å². The molecule has 0 unspecified atom stereocenters. The molecule has 0 aliphatic heterocycles. The van der Waals surface area contributed by atoms with Crippen molar-refractivity contribution in [2.75, 3.05) is 6.54 Å². The van der Waals surface area contributed by atoms with Gasteiger partial charge in [0.15, 0.2) is 5.96 Å². The van der Waals surface area contributed by atoms with Crippen LogP contribution in [-0.2, 0) is 6.54 Å². The van der Waals surface area contributed by atoms with Crippen LogP contribution in [0.5, 0.6) is 0 Å². The van der Waals surface area contributed by atoms with Crippen molar-refractivity contribution < 1.29 is 0 Å². The summed E-state index contributed by atoms with van der Waals surface area (Å²) < 4.78 is 1.96. The summed E-state index contributed by atoms with van der Waals surface area (Å²) in [5, 5.41) is 7.72. The molecule has 0 radical (unpaired) electrons. The Hall–Kier alpha value is -2.30. The number of rotatable bonds is 6. The van der Waals surface area contributed by atoms with Gasteiger partial charge < -0.3 is 11.1 Å². The summed E-state index contributed by atoms with van der Waals surface area (Å²) in [6, 6.07) is 10.2. The van der Waals surface area contributed by atoms with Crippen molar-refractivity contribution in [2.45, 2.75) is 40.7 Å². The molecule has 0 aliphatic carbocycles. The standard InChI is InChI=1S/C18H27N5/c1-13(2)9-10-20-18(19)21-12-16-7-5-6-8-17(16)23-15(4)11-14(3)22-23/h5-8,11,13H,9-10,12H2,1-4H3,(H3,19,20,21). The predicted molar refractivity (Wildman–Crippen MR) is 95.8 cm³/mol. The molecule has 2 rings (SSSR count). The number of hydrogen-bond donors (Lipinski definition) is 2. The van der Waals surface area contributed by atoms with Crippen molar-refractivity contribution in [1.82, 2.24) is 15.1 Å². The van der Waals surface area contributed by atoms with Crippen molar-refractivity contribution in [3.8, 4) is 5.69 Å². The number of hydrogen-bond acceptors (Lipinski definition) is 2. The van der Waals surface area contributed by atoms with E-state index in [1.165, 1.54) is 0 Å². The number of benzene rings is 1. The zero-order valence-corrected chi connectivity index (χ0v) is 14.5. The van der Waals surface area contributed by atoms with Crippen LogP contribution in [0.1, 0.15) is 37.2 Å². The average Bonchev–Trinajstić information content (AvgIpc) is 2.83. The molecular weight excluding hydrogens is 286 g/mol. The number of aliphatic imine (C=N–C) groups is 1. The van der Waals surface area contributed by atoms with Gasteiger partial charge in [-0.15, -0.1) is 0 Å². The molecule has 0 atom stereocenters. The number of para-hydroxylation sites is 1. The van der Waals surface area contributed by atoms with E-state index in [1.807, 2.05) is 23.7 Å². The van der Waals surface area contributed by atoms with Crippen LogP contribution in [0.3, 0.4) is 0 Å². The maximum absolute atomic E-state index is 5.95. The second-order valence-corrected chi connectivity index (χ2v) is 6.28. The molecule has 0 fully saturated rings. The molecule has 2 aromatic rings. The van der Waals surface area contributed by atoms with Crippen LogP contribution >= 0.6 is 0 Å². The Morgan fingerprint density at radius 3 is 2.70 bits per heavy atom. The highest BCUT2D eigenvalue weighted by molar-refractivity contribution is 5.77. The summed E-state index contributed by atoms with van der Waals surface area (Å²) in [6.45, 7) is 9.84. The van der Waals surface area contributed by atoms with Gasteiger partial charge in [-0.3, -0.25) is 0 Å². The molecule has 1 heterocycles. The summed E-state index contributed by atoms with van der Waals surface area (Å²) in [5.74, 6) is 1.15. The highest BCUT2D eigenvalue weighted by Gasteiger charge is 2.08. The van der Waals surface area contributed by atoms with Crippen LogP contribution < -0.4 is 11.1 Å². The summed E-state index contributed by atoms with van der Waals surface area (Å²) in [7, 11) is 0. The summed E-state index contributed by atoms with van der Waals surface area (Å²) in [5.41, 5.74) is 10.2. The molecular formula is C18H27N5. The van der Waals surface area contributed by atoms with E-state index in [-0.39, 0.29) is 0 Å². The molecule has 0 spiro atoms. The fraction of sp³-hybridized carbons (Fsp3) is 0.444. The van der Waals surface area contributed by atoms with E-state index in [1.54, 1.807) is 0 Å². The van der Waals surface area contributed by atoms with Crippen LogP contribution in [-0.4, -0.2) is 22.3 Å². The lowest BCUT2D eigenvalue weighted by Gasteiger charge is -2.11. The Kier molecular flexibility index (Phi) is 5.79. The maximum atomic E-state index is 5.95. The van der Waals surface area contributed by atoms with Gasteiger partial charge in [-0.1, -0.05) is 32.0 Å². The van der Waals surface area contributed by atoms with Crippen molar-refractivity contribution in [3.63, 3.8) is 0 Å². The third-order valence-corrected chi connectivity index (χ3v) is 3.68. The quantitative estimate of drug-likeness (QED) is 0.636. The third-order valence-electron chi connectivity index (χ3n) is 3.68. The second kappa shape index (κ2) is 7.81. The Morgan fingerprint density at radius 2 is 2.04 bits per heavy atom. The number of nitrogens with zero attached hydrogens (tertiary/aromatic N) is 3. The minimum Gasteiger partial charge on any atom is -0.370 e. The molecule has 5 nitrogen and oxygen atoms in total. The lowest BCUT2D eigenvalue weighted by atomic mass is 10.1. The predicted octanol–water partition coefficient (Wildman–Crippen LogP) is 2.94. The van der Waals surface area contributed by atoms with E-state index >= 15 is 0 Å². The molecule has 1 aromatic heterocycles. The van der Waals surface area contributed by atoms with Gasteiger partial charge in [0.1, 0.15) is 0 Å². The van der Waals surface area contributed by atoms with Crippen molar-refractivity contribution in [3.05, 3.63) is 47.3 Å². The van der Waals surface area contributed by atoms with Gasteiger partial charge in [-0.05, 0) is 43.9 Å². The minimum absolute atomic E-state index is 0.494. The van der Waals surface area contributed by atoms with Crippen LogP contribution in [0.4, 0.5) is 0 Å². The first-order valence-electron chi connectivity index (χ1n) is 8.12. The van der Waals surface area contributed by atoms with Gasteiger partial charge in [-0.2, -0.15) is 5.10 Å². The number of nitrogens with one attached hydrogen (secondary N) is 1. The Bertz CT molecular complexity index is 670. The maximum Gasteiger partial charge on any atom is 0.188 e. The molecule has 0 amide bonds. The van der Waals surface area contributed by atoms with Gasteiger partial charge in [0.05, 0.1) is 17.9 Å². The summed E-state index contributed by atoms with van der Waals surface area (Å²) >= 11 is 0. The first-order chi connectivity index (χ1) is 11.0. The first-order valence-corrected chi connectivity index (χ1v) is 8.12. The molecule has 1 aromatic carbocycles. The summed E-state index contributed by atoms with van der Waals surface area (Å²) in [6.07, 6.45) is 1.08. The topological polar surface area (TPSA) is 68.2 Å². The number of guanidine groups is 1. The second-order valence-electron chi connectivity index (χ2n) is 6.28. The Morgan fingerprint density at radius 1 is 1.30 bits per heavy atom. The van der Waals surface area contributed by atoms with Crippen molar-refractivity contribution in [1.29, 1.82) is 0 Å². The monoisotopic (exact) mass is 313 g/mol. The van der Waals surface area contributed by atoms with Crippen LogP contribution in [0.25, 0.3) is 5.69 Å². The molecule has 23 heavy (non-hydrogen) atoms. The SMILES string of the molecule is Cc1cc(C)n(-c2ccccc2CN=C(N)NCCC(C)C)n1. The van der Waals surface area contributed by atoms with Crippen LogP contribution in [0.15, 0.2) is 35.3 Å². The van der Waals surface area contributed by atoms with E-state index < -0.39 is 0 Å². The van der Waals surface area contributed by atoms with E-state index in [4.69, 9.17) is 5.73 Å². The minimum atomic E-state index is 0.494. The number of nitrogens with two attached hydrogens (primary N) is 1. The number of aryl methyl sites for hydroxylation is 2. The van der Waals surface area contributed by atoms with Gasteiger partial charge >= 0.3 is 0 Å². The molecule has 0 saturated carbocycles. The van der Waals surface area contributed by atoms with E-state index in [2.05, 4.69) is 54.4 Å². The van der Waals surface area contributed by atoms with Crippen molar-refractivity contribution >= 4 is 5.96 Å². The Labute approximate surface area is 138 Å². The molecule has 0 saturated heterocycles. The summed E-state index contributed by atoms with van der Waals surface area (Å²) in [4.78, 5) is 4.46. The lowest BCUT2D eigenvalue weighted by Crippen LogP contribution is -2.32. The molecule has 124 valence electrons. The zero-order chi connectivity index (χ0) is 16.8. The van der Waals surface area contributed by atoms with Crippen LogP contribution in [0, 0.1) is 19.8 Å². The lowest BCUT2D eigenvalue weighted by molar-refractivity contribution is 0.576. The largest absolute Gasteiger partial charge is 0.370 e. The van der Waals surface area contributed by atoms with Crippen molar-refractivity contribution in [2.24, 2.45) is 16.6 Å². The average molecular weight is 313 g/mol. The van der Waals surface area contributed by atoms with Gasteiger partial charge in [-0.25, -0.2) is 9.67 Å². The fourth-order valence-electron chi connectivity index (χ4n) is 2.44.